The van der Waals surface area contributed by atoms with Gasteiger partial charge in [-0.05, 0) is 43.2 Å². The Kier molecular flexibility index (Phi) is 2.88. The van der Waals surface area contributed by atoms with Gasteiger partial charge in [0.1, 0.15) is 11.6 Å². The molecular weight excluding hydrogens is 244 g/mol. The Morgan fingerprint density at radius 1 is 1.16 bits per heavy atom. The van der Waals surface area contributed by atoms with Crippen molar-refractivity contribution in [3.05, 3.63) is 36.0 Å². The lowest BCUT2D eigenvalue weighted by molar-refractivity contribution is 0.196. The van der Waals surface area contributed by atoms with Crippen LogP contribution in [0, 0.1) is 17.0 Å². The molecule has 0 spiro atoms. The summed E-state index contributed by atoms with van der Waals surface area (Å²) in [5, 5.41) is 0.520. The van der Waals surface area contributed by atoms with Crippen LogP contribution in [0.1, 0.15) is 45.6 Å². The Hall–Kier alpha value is -1.38. The SMILES string of the molecule is CC1(C)CCC(n2ccc3c(F)cc(F)cc32)CC1. The highest BCUT2D eigenvalue weighted by Gasteiger charge is 2.28. The molecule has 0 bridgehead atoms. The zero-order chi connectivity index (χ0) is 13.6. The number of hydrogen-bond donors (Lipinski definition) is 0. The summed E-state index contributed by atoms with van der Waals surface area (Å²) in [7, 11) is 0. The van der Waals surface area contributed by atoms with Gasteiger partial charge in [-0.2, -0.15) is 0 Å². The molecule has 1 aromatic carbocycles. The molecule has 3 rings (SSSR count). The first-order chi connectivity index (χ1) is 8.96. The molecule has 0 N–H and O–H groups in total. The van der Waals surface area contributed by atoms with Crippen LogP contribution in [-0.2, 0) is 0 Å². The fourth-order valence-electron chi connectivity index (χ4n) is 3.17. The lowest BCUT2D eigenvalue weighted by atomic mass is 9.75. The summed E-state index contributed by atoms with van der Waals surface area (Å²) in [5.41, 5.74) is 1.08. The van der Waals surface area contributed by atoms with E-state index in [1.54, 1.807) is 6.07 Å². The molecule has 1 saturated carbocycles. The van der Waals surface area contributed by atoms with Crippen molar-refractivity contribution in [3.8, 4) is 0 Å². The second-order valence-electron chi connectivity index (χ2n) is 6.44. The summed E-state index contributed by atoms with van der Waals surface area (Å²) in [4.78, 5) is 0. The molecule has 1 aliphatic rings. The highest BCUT2D eigenvalue weighted by Crippen LogP contribution is 2.41. The second kappa shape index (κ2) is 4.32. The van der Waals surface area contributed by atoms with Crippen molar-refractivity contribution >= 4 is 10.9 Å². The van der Waals surface area contributed by atoms with E-state index in [0.29, 0.717) is 22.4 Å². The number of rotatable bonds is 1. The van der Waals surface area contributed by atoms with Gasteiger partial charge in [0.15, 0.2) is 0 Å². The van der Waals surface area contributed by atoms with Crippen LogP contribution in [0.25, 0.3) is 10.9 Å². The molecule has 1 heterocycles. The third kappa shape index (κ3) is 2.26. The van der Waals surface area contributed by atoms with Crippen LogP contribution in [0.5, 0.6) is 0 Å². The maximum atomic E-state index is 13.7. The Morgan fingerprint density at radius 3 is 2.53 bits per heavy atom. The summed E-state index contributed by atoms with van der Waals surface area (Å²) >= 11 is 0. The van der Waals surface area contributed by atoms with Crippen LogP contribution in [0.2, 0.25) is 0 Å². The zero-order valence-electron chi connectivity index (χ0n) is 11.4. The fourth-order valence-corrected chi connectivity index (χ4v) is 3.17. The molecule has 0 radical (unpaired) electrons. The van der Waals surface area contributed by atoms with Crippen LogP contribution in [0.3, 0.4) is 0 Å². The molecule has 102 valence electrons. The number of fused-ring (bicyclic) bond motifs is 1. The molecule has 1 aliphatic carbocycles. The fraction of sp³-hybridized carbons (Fsp3) is 0.500. The topological polar surface area (TPSA) is 4.93 Å². The van der Waals surface area contributed by atoms with E-state index in [1.807, 2.05) is 6.20 Å². The van der Waals surface area contributed by atoms with Gasteiger partial charge in [-0.3, -0.25) is 0 Å². The molecular formula is C16H19F2N. The average molecular weight is 263 g/mol. The number of aromatic nitrogens is 1. The molecule has 0 aliphatic heterocycles. The van der Waals surface area contributed by atoms with Crippen molar-refractivity contribution in [1.29, 1.82) is 0 Å². The molecule has 19 heavy (non-hydrogen) atoms. The zero-order valence-corrected chi connectivity index (χ0v) is 11.4. The number of benzene rings is 1. The minimum absolute atomic E-state index is 0.367. The lowest BCUT2D eigenvalue weighted by Gasteiger charge is -2.35. The molecule has 0 saturated heterocycles. The highest BCUT2D eigenvalue weighted by molar-refractivity contribution is 5.81. The van der Waals surface area contributed by atoms with Gasteiger partial charge in [-0.25, -0.2) is 8.78 Å². The molecule has 0 amide bonds. The predicted molar refractivity (Wildman–Crippen MR) is 73.1 cm³/mol. The van der Waals surface area contributed by atoms with Gasteiger partial charge >= 0.3 is 0 Å². The Labute approximate surface area is 112 Å². The van der Waals surface area contributed by atoms with Gasteiger partial charge in [-0.1, -0.05) is 13.8 Å². The van der Waals surface area contributed by atoms with Crippen molar-refractivity contribution in [2.75, 3.05) is 0 Å². The number of nitrogens with zero attached hydrogens (tertiary/aromatic N) is 1. The normalized spacial score (nSPS) is 20.0. The lowest BCUT2D eigenvalue weighted by Crippen LogP contribution is -2.23. The van der Waals surface area contributed by atoms with E-state index in [1.165, 1.54) is 6.07 Å². The molecule has 2 aromatic rings. The van der Waals surface area contributed by atoms with Crippen molar-refractivity contribution in [1.82, 2.24) is 4.57 Å². The van der Waals surface area contributed by atoms with Crippen LogP contribution < -0.4 is 0 Å². The minimum atomic E-state index is -0.499. The molecule has 1 aromatic heterocycles. The van der Waals surface area contributed by atoms with Crippen LogP contribution in [0.4, 0.5) is 8.78 Å². The summed E-state index contributed by atoms with van der Waals surface area (Å²) in [6, 6.07) is 4.52. The minimum Gasteiger partial charge on any atom is -0.344 e. The molecule has 1 fully saturated rings. The average Bonchev–Trinajstić information content (AvgIpc) is 2.73. The van der Waals surface area contributed by atoms with Crippen molar-refractivity contribution in [3.63, 3.8) is 0 Å². The molecule has 1 nitrogen and oxygen atoms in total. The Balaban J connectivity index is 1.98. The first kappa shape index (κ1) is 12.6. The maximum Gasteiger partial charge on any atom is 0.135 e. The molecule has 3 heteroatoms. The summed E-state index contributed by atoms with van der Waals surface area (Å²) in [6.45, 7) is 4.58. The van der Waals surface area contributed by atoms with Crippen molar-refractivity contribution < 1.29 is 8.78 Å². The van der Waals surface area contributed by atoms with E-state index in [4.69, 9.17) is 0 Å². The third-order valence-electron chi connectivity index (χ3n) is 4.45. The first-order valence-electron chi connectivity index (χ1n) is 6.92. The van der Waals surface area contributed by atoms with E-state index in [-0.39, 0.29) is 0 Å². The summed E-state index contributed by atoms with van der Waals surface area (Å²) in [5.74, 6) is -0.967. The second-order valence-corrected chi connectivity index (χ2v) is 6.44. The van der Waals surface area contributed by atoms with E-state index < -0.39 is 11.6 Å². The Morgan fingerprint density at radius 2 is 1.84 bits per heavy atom. The summed E-state index contributed by atoms with van der Waals surface area (Å²) < 4.78 is 29.1. The summed E-state index contributed by atoms with van der Waals surface area (Å²) in [6.07, 6.45) is 6.38. The largest absolute Gasteiger partial charge is 0.344 e. The first-order valence-corrected chi connectivity index (χ1v) is 6.92. The van der Waals surface area contributed by atoms with Gasteiger partial charge in [0.05, 0.1) is 5.52 Å². The number of hydrogen-bond acceptors (Lipinski definition) is 0. The quantitative estimate of drug-likeness (QED) is 0.677. The Bertz CT molecular complexity index is 602. The number of halogens is 2. The monoisotopic (exact) mass is 263 g/mol. The third-order valence-corrected chi connectivity index (χ3v) is 4.45. The van der Waals surface area contributed by atoms with Gasteiger partial charge in [0, 0.05) is 23.7 Å². The maximum absolute atomic E-state index is 13.7. The smallest absolute Gasteiger partial charge is 0.135 e. The predicted octanol–water partition coefficient (Wildman–Crippen LogP) is 5.06. The van der Waals surface area contributed by atoms with E-state index in [0.717, 1.165) is 31.7 Å². The van der Waals surface area contributed by atoms with Gasteiger partial charge in [-0.15, -0.1) is 0 Å². The van der Waals surface area contributed by atoms with Gasteiger partial charge < -0.3 is 4.57 Å². The standard InChI is InChI=1S/C16H19F2N/c1-16(2)6-3-12(4-7-16)19-8-5-13-14(18)9-11(17)10-15(13)19/h5,8-10,12H,3-4,6-7H2,1-2H3. The van der Waals surface area contributed by atoms with Crippen molar-refractivity contribution in [2.24, 2.45) is 5.41 Å². The van der Waals surface area contributed by atoms with Crippen LogP contribution in [-0.4, -0.2) is 4.57 Å². The van der Waals surface area contributed by atoms with E-state index in [2.05, 4.69) is 18.4 Å². The van der Waals surface area contributed by atoms with E-state index >= 15 is 0 Å². The van der Waals surface area contributed by atoms with E-state index in [9.17, 15) is 8.78 Å². The van der Waals surface area contributed by atoms with Crippen molar-refractivity contribution in [2.45, 2.75) is 45.6 Å². The molecule has 0 atom stereocenters. The van der Waals surface area contributed by atoms with Crippen LogP contribution >= 0.6 is 0 Å². The van der Waals surface area contributed by atoms with Gasteiger partial charge in [0.2, 0.25) is 0 Å². The van der Waals surface area contributed by atoms with Crippen LogP contribution in [0.15, 0.2) is 24.4 Å². The van der Waals surface area contributed by atoms with Gasteiger partial charge in [0.25, 0.3) is 0 Å². The molecule has 0 unspecified atom stereocenters. The highest BCUT2D eigenvalue weighted by atomic mass is 19.1.